The number of carbonyl (C=O) groups is 2. The minimum atomic E-state index is -1.06. The zero-order valence-electron chi connectivity index (χ0n) is 13.5. The third kappa shape index (κ3) is 3.06. The van der Waals surface area contributed by atoms with E-state index in [0.717, 1.165) is 24.3 Å². The topological polar surface area (TPSA) is 81.7 Å². The molecule has 6 nitrogen and oxygen atoms in total. The van der Waals surface area contributed by atoms with E-state index in [2.05, 4.69) is 4.57 Å². The molecule has 1 amide bonds. The van der Waals surface area contributed by atoms with Gasteiger partial charge in [-0.2, -0.15) is 0 Å². The number of hydrogen-bond donors (Lipinski definition) is 2. The lowest BCUT2D eigenvalue weighted by molar-refractivity contribution is -0.697. The summed E-state index contributed by atoms with van der Waals surface area (Å²) < 4.78 is 2.09. The monoisotopic (exact) mass is 349 g/mol. The molecule has 1 fully saturated rings. The molecule has 3 heterocycles. The maximum Gasteiger partial charge on any atom is 0.353 e. The number of aryl methyl sites for hydroxylation is 1. The fourth-order valence-corrected chi connectivity index (χ4v) is 4.85. The standard InChI is InChI=1S/C17H20N2O4S/c1-11(20)13-15(21)19-14(17(22)23)12(24-16(13)19)7-3-6-10-18-8-4-2-5-9-18/h2,4-5,8-9,11,13,16,20H,3,6-7,10H2,1H3/p+1/t11-,13+,16-/m1/s1. The summed E-state index contributed by atoms with van der Waals surface area (Å²) in [5, 5.41) is 18.9. The van der Waals surface area contributed by atoms with Crippen molar-refractivity contribution < 1.29 is 24.4 Å². The second kappa shape index (κ2) is 6.94. The zero-order chi connectivity index (χ0) is 17.3. The van der Waals surface area contributed by atoms with Gasteiger partial charge in [0.1, 0.15) is 17.6 Å². The Hall–Kier alpha value is -1.86. The predicted octanol–water partition coefficient (Wildman–Crippen LogP) is 1.35. The minimum absolute atomic E-state index is 0.110. The number of fused-ring (bicyclic) bond motifs is 1. The summed E-state index contributed by atoms with van der Waals surface area (Å²) in [5.41, 5.74) is 0.110. The quantitative estimate of drug-likeness (QED) is 0.441. The van der Waals surface area contributed by atoms with Crippen LogP contribution in [0.1, 0.15) is 26.2 Å². The SMILES string of the molecule is C[C@@H](O)[C@H]1C(=O)N2C(C(=O)O)=C(CCCC[n+]3ccccc3)S[C@H]12. The number of nitrogens with zero attached hydrogens (tertiary/aromatic N) is 2. The van der Waals surface area contributed by atoms with Gasteiger partial charge in [-0.3, -0.25) is 9.69 Å². The summed E-state index contributed by atoms with van der Waals surface area (Å²) in [7, 11) is 0. The second-order valence-electron chi connectivity index (χ2n) is 6.13. The molecule has 3 atom stereocenters. The highest BCUT2D eigenvalue weighted by atomic mass is 32.2. The Balaban J connectivity index is 1.60. The fourth-order valence-electron chi connectivity index (χ4n) is 3.19. The van der Waals surface area contributed by atoms with E-state index < -0.39 is 18.0 Å². The zero-order valence-corrected chi connectivity index (χ0v) is 14.3. The van der Waals surface area contributed by atoms with E-state index in [1.165, 1.54) is 16.7 Å². The van der Waals surface area contributed by atoms with Crippen molar-refractivity contribution in [1.29, 1.82) is 0 Å². The van der Waals surface area contributed by atoms with Crippen LogP contribution in [0, 0.1) is 5.92 Å². The molecule has 1 saturated heterocycles. The average Bonchev–Trinajstić information content (AvgIpc) is 2.86. The highest BCUT2D eigenvalue weighted by molar-refractivity contribution is 8.04. The molecule has 1 aromatic heterocycles. The van der Waals surface area contributed by atoms with Crippen LogP contribution in [0.4, 0.5) is 0 Å². The molecule has 24 heavy (non-hydrogen) atoms. The lowest BCUT2D eigenvalue weighted by atomic mass is 9.92. The molecule has 2 aliphatic heterocycles. The molecule has 7 heteroatoms. The summed E-state index contributed by atoms with van der Waals surface area (Å²) >= 11 is 1.42. The number of carbonyl (C=O) groups excluding carboxylic acids is 1. The van der Waals surface area contributed by atoms with Crippen molar-refractivity contribution >= 4 is 23.6 Å². The number of aromatic nitrogens is 1. The minimum Gasteiger partial charge on any atom is -0.477 e. The first-order chi connectivity index (χ1) is 11.5. The number of thioether (sulfide) groups is 1. The maximum absolute atomic E-state index is 12.1. The third-order valence-electron chi connectivity index (χ3n) is 4.42. The van der Waals surface area contributed by atoms with Crippen molar-refractivity contribution in [1.82, 2.24) is 4.90 Å². The molecule has 128 valence electrons. The van der Waals surface area contributed by atoms with Crippen molar-refractivity contribution in [3.63, 3.8) is 0 Å². The van der Waals surface area contributed by atoms with E-state index in [1.54, 1.807) is 6.92 Å². The van der Waals surface area contributed by atoms with Gasteiger partial charge < -0.3 is 10.2 Å². The summed E-state index contributed by atoms with van der Waals surface area (Å²) in [6.45, 7) is 2.46. The number of β-lactam (4-membered cyclic amide) rings is 1. The van der Waals surface area contributed by atoms with Gasteiger partial charge in [0.25, 0.3) is 0 Å². The normalized spacial score (nSPS) is 23.9. The first kappa shape index (κ1) is 17.0. The first-order valence-corrected chi connectivity index (χ1v) is 8.97. The number of pyridine rings is 1. The van der Waals surface area contributed by atoms with Gasteiger partial charge >= 0.3 is 5.97 Å². The van der Waals surface area contributed by atoms with Gasteiger partial charge in [0.15, 0.2) is 12.4 Å². The summed E-state index contributed by atoms with van der Waals surface area (Å²) in [6.07, 6.45) is 5.69. The highest BCUT2D eigenvalue weighted by Crippen LogP contribution is 2.51. The van der Waals surface area contributed by atoms with Gasteiger partial charge in [0.2, 0.25) is 5.91 Å². The summed E-state index contributed by atoms with van der Waals surface area (Å²) in [4.78, 5) is 25.7. The highest BCUT2D eigenvalue weighted by Gasteiger charge is 2.57. The van der Waals surface area contributed by atoms with Crippen LogP contribution < -0.4 is 4.57 Å². The molecule has 1 aromatic rings. The number of carboxylic acids is 1. The maximum atomic E-state index is 12.1. The Morgan fingerprint density at radius 1 is 1.33 bits per heavy atom. The van der Waals surface area contributed by atoms with Gasteiger partial charge in [-0.1, -0.05) is 6.07 Å². The van der Waals surface area contributed by atoms with Crippen LogP contribution in [0.5, 0.6) is 0 Å². The van der Waals surface area contributed by atoms with E-state index >= 15 is 0 Å². The van der Waals surface area contributed by atoms with Crippen LogP contribution in [0.15, 0.2) is 41.2 Å². The Morgan fingerprint density at radius 3 is 2.67 bits per heavy atom. The molecule has 0 spiro atoms. The Morgan fingerprint density at radius 2 is 2.04 bits per heavy atom. The molecular weight excluding hydrogens is 328 g/mol. The van der Waals surface area contributed by atoms with Gasteiger partial charge in [-0.15, -0.1) is 11.8 Å². The van der Waals surface area contributed by atoms with Gasteiger partial charge in [0.05, 0.1) is 12.0 Å². The molecule has 0 aliphatic carbocycles. The first-order valence-electron chi connectivity index (χ1n) is 8.09. The van der Waals surface area contributed by atoms with Crippen molar-refractivity contribution in [3.05, 3.63) is 41.2 Å². The molecule has 0 saturated carbocycles. The van der Waals surface area contributed by atoms with Crippen LogP contribution in [-0.2, 0) is 16.1 Å². The van der Waals surface area contributed by atoms with Gasteiger partial charge in [-0.05, 0) is 19.8 Å². The van der Waals surface area contributed by atoms with Crippen LogP contribution in [0.2, 0.25) is 0 Å². The molecule has 3 rings (SSSR count). The van der Waals surface area contributed by atoms with Crippen LogP contribution in [-0.4, -0.2) is 38.5 Å². The average molecular weight is 349 g/mol. The number of aliphatic hydroxyl groups is 1. The molecule has 2 N–H and O–H groups in total. The lowest BCUT2D eigenvalue weighted by Gasteiger charge is -2.43. The van der Waals surface area contributed by atoms with Crippen LogP contribution >= 0.6 is 11.8 Å². The number of unbranched alkanes of at least 4 members (excludes halogenated alkanes) is 1. The lowest BCUT2D eigenvalue weighted by Crippen LogP contribution is -2.60. The number of aliphatic carboxylic acids is 1. The Kier molecular flexibility index (Phi) is 4.91. The number of carboxylic acid groups (broad SMARTS) is 1. The molecule has 0 unspecified atom stereocenters. The Bertz CT molecular complexity index is 674. The molecule has 0 radical (unpaired) electrons. The second-order valence-corrected chi connectivity index (χ2v) is 7.34. The number of hydrogen-bond acceptors (Lipinski definition) is 4. The number of amides is 1. The van der Waals surface area contributed by atoms with E-state index in [4.69, 9.17) is 0 Å². The smallest absolute Gasteiger partial charge is 0.353 e. The fraction of sp³-hybridized carbons (Fsp3) is 0.471. The van der Waals surface area contributed by atoms with E-state index in [0.29, 0.717) is 6.42 Å². The van der Waals surface area contributed by atoms with Crippen LogP contribution in [0.3, 0.4) is 0 Å². The number of aliphatic hydroxyl groups excluding tert-OH is 1. The predicted molar refractivity (Wildman–Crippen MR) is 88.5 cm³/mol. The number of allylic oxidation sites excluding steroid dienone is 1. The summed E-state index contributed by atoms with van der Waals surface area (Å²) in [5.74, 6) is -1.84. The number of rotatable bonds is 7. The largest absolute Gasteiger partial charge is 0.477 e. The molecule has 0 bridgehead atoms. The van der Waals surface area contributed by atoms with Gasteiger partial charge in [-0.25, -0.2) is 9.36 Å². The van der Waals surface area contributed by atoms with Gasteiger partial charge in [0, 0.05) is 23.5 Å². The molecule has 2 aliphatic rings. The van der Waals surface area contributed by atoms with E-state index in [-0.39, 0.29) is 17.0 Å². The van der Waals surface area contributed by atoms with Crippen molar-refractivity contribution in [2.45, 2.75) is 44.2 Å². The molecular formula is C17H21N2O4S+. The summed E-state index contributed by atoms with van der Waals surface area (Å²) in [6, 6.07) is 5.92. The van der Waals surface area contributed by atoms with E-state index in [1.807, 2.05) is 30.6 Å². The van der Waals surface area contributed by atoms with Crippen molar-refractivity contribution in [2.75, 3.05) is 0 Å². The van der Waals surface area contributed by atoms with E-state index in [9.17, 15) is 19.8 Å². The van der Waals surface area contributed by atoms with Crippen LogP contribution in [0.25, 0.3) is 0 Å². The molecule has 0 aromatic carbocycles. The Labute approximate surface area is 144 Å². The van der Waals surface area contributed by atoms with Crippen molar-refractivity contribution in [3.8, 4) is 0 Å². The third-order valence-corrected chi connectivity index (χ3v) is 5.85. The van der Waals surface area contributed by atoms with Crippen molar-refractivity contribution in [2.24, 2.45) is 5.92 Å².